The summed E-state index contributed by atoms with van der Waals surface area (Å²) in [6, 6.07) is 17.5. The minimum Gasteiger partial charge on any atom is -0.388 e. The third kappa shape index (κ3) is 5.44. The maximum absolute atomic E-state index is 11.2. The Morgan fingerprint density at radius 2 is 1.12 bits per heavy atom. The van der Waals surface area contributed by atoms with Crippen LogP contribution in [-0.4, -0.2) is 21.2 Å². The molecule has 0 aliphatic carbocycles. The van der Waals surface area contributed by atoms with E-state index < -0.39 is 18.2 Å². The molecule has 0 amide bonds. The van der Waals surface area contributed by atoms with E-state index in [9.17, 15) is 20.3 Å². The van der Waals surface area contributed by atoms with Crippen molar-refractivity contribution in [2.24, 2.45) is 0 Å². The summed E-state index contributed by atoms with van der Waals surface area (Å²) in [4.78, 5) is 10.9. The van der Waals surface area contributed by atoms with Crippen molar-refractivity contribution in [3.63, 3.8) is 0 Å². The van der Waals surface area contributed by atoms with Gasteiger partial charge in [-0.3, -0.25) is 10.1 Å². The van der Waals surface area contributed by atoms with Crippen molar-refractivity contribution in [3.05, 3.63) is 81.9 Å². The molecule has 5 heteroatoms. The molecule has 5 nitrogen and oxygen atoms in total. The Morgan fingerprint density at radius 3 is 1.46 bits per heavy atom. The molecular weight excluding hydrogens is 306 g/mol. The highest BCUT2D eigenvalue weighted by Crippen LogP contribution is 2.24. The van der Waals surface area contributed by atoms with Crippen LogP contribution < -0.4 is 0 Å². The first-order valence-corrected chi connectivity index (χ1v) is 8.17. The topological polar surface area (TPSA) is 83.6 Å². The van der Waals surface area contributed by atoms with Crippen LogP contribution in [0.1, 0.15) is 49.0 Å². The fraction of sp³-hybridized carbons (Fsp3) is 0.368. The van der Waals surface area contributed by atoms with Gasteiger partial charge in [0.15, 0.2) is 0 Å². The number of nitro groups is 1. The highest BCUT2D eigenvalue weighted by atomic mass is 16.6. The summed E-state index contributed by atoms with van der Waals surface area (Å²) in [5.41, 5.74) is 1.54. The van der Waals surface area contributed by atoms with Crippen LogP contribution in [0.5, 0.6) is 0 Å². The predicted molar refractivity (Wildman–Crippen MR) is 92.1 cm³/mol. The van der Waals surface area contributed by atoms with Gasteiger partial charge in [-0.25, -0.2) is 0 Å². The van der Waals surface area contributed by atoms with Gasteiger partial charge in [0, 0.05) is 17.8 Å². The summed E-state index contributed by atoms with van der Waals surface area (Å²) >= 11 is 0. The number of benzene rings is 2. The molecule has 0 saturated carbocycles. The second-order valence-corrected chi connectivity index (χ2v) is 5.95. The molecule has 0 spiro atoms. The molecule has 2 atom stereocenters. The van der Waals surface area contributed by atoms with E-state index in [2.05, 4.69) is 0 Å². The number of rotatable bonds is 9. The van der Waals surface area contributed by atoms with E-state index in [0.717, 1.165) is 11.1 Å². The fourth-order valence-corrected chi connectivity index (χ4v) is 2.74. The van der Waals surface area contributed by atoms with Crippen LogP contribution in [0.25, 0.3) is 0 Å². The van der Waals surface area contributed by atoms with Crippen molar-refractivity contribution in [1.82, 2.24) is 0 Å². The first kappa shape index (κ1) is 18.1. The molecule has 0 aliphatic heterocycles. The molecule has 0 saturated heterocycles. The average Bonchev–Trinajstić information content (AvgIpc) is 2.62. The molecule has 0 bridgehead atoms. The molecule has 2 rings (SSSR count). The van der Waals surface area contributed by atoms with Gasteiger partial charge in [0.1, 0.15) is 0 Å². The van der Waals surface area contributed by atoms with Gasteiger partial charge in [-0.2, -0.15) is 0 Å². The highest BCUT2D eigenvalue weighted by molar-refractivity contribution is 5.18. The third-order valence-electron chi connectivity index (χ3n) is 4.21. The minimum atomic E-state index is -0.762. The second kappa shape index (κ2) is 9.15. The average molecular weight is 329 g/mol. The lowest BCUT2D eigenvalue weighted by atomic mass is 9.97. The first-order valence-electron chi connectivity index (χ1n) is 8.17. The number of hydrogen-bond acceptors (Lipinski definition) is 4. The summed E-state index contributed by atoms with van der Waals surface area (Å²) in [6.07, 6.45) is -0.177. The number of aliphatic hydroxyl groups is 2. The van der Waals surface area contributed by atoms with E-state index >= 15 is 0 Å². The quantitative estimate of drug-likeness (QED) is 0.543. The van der Waals surface area contributed by atoms with Crippen molar-refractivity contribution in [2.45, 2.75) is 43.9 Å². The van der Waals surface area contributed by atoms with Gasteiger partial charge in [0.2, 0.25) is 6.04 Å². The van der Waals surface area contributed by atoms with E-state index in [-0.39, 0.29) is 17.8 Å². The largest absolute Gasteiger partial charge is 0.388 e. The summed E-state index contributed by atoms with van der Waals surface area (Å²) in [7, 11) is 0. The Labute approximate surface area is 141 Å². The van der Waals surface area contributed by atoms with Crippen molar-refractivity contribution in [1.29, 1.82) is 0 Å². The Balaban J connectivity index is 1.85. The number of nitrogens with zero attached hydrogens (tertiary/aromatic N) is 1. The molecule has 128 valence electrons. The van der Waals surface area contributed by atoms with Crippen molar-refractivity contribution in [2.75, 3.05) is 0 Å². The molecule has 2 N–H and O–H groups in total. The normalized spacial score (nSPS) is 13.6. The van der Waals surface area contributed by atoms with E-state index in [1.807, 2.05) is 60.7 Å². The van der Waals surface area contributed by atoms with Crippen molar-refractivity contribution in [3.8, 4) is 0 Å². The fourth-order valence-electron chi connectivity index (χ4n) is 2.74. The SMILES string of the molecule is O=[N+]([O-])C(CC[C@H](O)c1ccccc1)CC[C@H](O)c1ccccc1. The van der Waals surface area contributed by atoms with Crippen molar-refractivity contribution >= 4 is 0 Å². The lowest BCUT2D eigenvalue weighted by molar-refractivity contribution is -0.525. The van der Waals surface area contributed by atoms with Gasteiger partial charge in [-0.15, -0.1) is 0 Å². The maximum atomic E-state index is 11.2. The van der Waals surface area contributed by atoms with Crippen LogP contribution in [0.15, 0.2) is 60.7 Å². The summed E-state index contributed by atoms with van der Waals surface area (Å²) in [5, 5.41) is 31.5. The smallest absolute Gasteiger partial charge is 0.213 e. The highest BCUT2D eigenvalue weighted by Gasteiger charge is 2.23. The monoisotopic (exact) mass is 329 g/mol. The molecule has 0 aliphatic rings. The van der Waals surface area contributed by atoms with Gasteiger partial charge in [0.25, 0.3) is 0 Å². The Kier molecular flexibility index (Phi) is 6.90. The van der Waals surface area contributed by atoms with Crippen LogP contribution in [0.2, 0.25) is 0 Å². The molecular formula is C19H23NO4. The predicted octanol–water partition coefficient (Wildman–Crippen LogP) is 3.66. The molecule has 0 aromatic heterocycles. The van der Waals surface area contributed by atoms with Crippen LogP contribution >= 0.6 is 0 Å². The Bertz CT molecular complexity index is 568. The van der Waals surface area contributed by atoms with E-state index in [1.165, 1.54) is 0 Å². The Morgan fingerprint density at radius 1 is 0.750 bits per heavy atom. The van der Waals surface area contributed by atoms with Gasteiger partial charge in [-0.1, -0.05) is 60.7 Å². The lowest BCUT2D eigenvalue weighted by Crippen LogP contribution is -2.21. The third-order valence-corrected chi connectivity index (χ3v) is 4.21. The second-order valence-electron chi connectivity index (χ2n) is 5.95. The minimum absolute atomic E-state index is 0.282. The van der Waals surface area contributed by atoms with Crippen molar-refractivity contribution < 1.29 is 15.1 Å². The number of aliphatic hydroxyl groups excluding tert-OH is 2. The molecule has 0 radical (unpaired) electrons. The summed E-state index contributed by atoms with van der Waals surface area (Å²) in [5.74, 6) is 0. The summed E-state index contributed by atoms with van der Waals surface area (Å²) < 4.78 is 0. The first-order chi connectivity index (χ1) is 11.6. The van der Waals surface area contributed by atoms with Gasteiger partial charge < -0.3 is 10.2 Å². The van der Waals surface area contributed by atoms with Gasteiger partial charge in [0.05, 0.1) is 12.2 Å². The Hall–Kier alpha value is -2.24. The molecule has 0 unspecified atom stereocenters. The molecule has 0 heterocycles. The standard InChI is InChI=1S/C19H23NO4/c21-18(15-7-3-1-4-8-15)13-11-17(20(23)24)12-14-19(22)16-9-5-2-6-10-16/h1-10,17-19,21-22H,11-14H2/t18-,19-/m0/s1. The molecule has 0 fully saturated rings. The van der Waals surface area contributed by atoms with Crippen LogP contribution in [0.3, 0.4) is 0 Å². The zero-order chi connectivity index (χ0) is 17.4. The number of hydrogen-bond donors (Lipinski definition) is 2. The van der Waals surface area contributed by atoms with E-state index in [0.29, 0.717) is 12.8 Å². The van der Waals surface area contributed by atoms with Crippen LogP contribution in [0.4, 0.5) is 0 Å². The zero-order valence-electron chi connectivity index (χ0n) is 13.5. The van der Waals surface area contributed by atoms with E-state index in [1.54, 1.807) is 0 Å². The molecule has 2 aromatic rings. The molecule has 2 aromatic carbocycles. The lowest BCUT2D eigenvalue weighted by Gasteiger charge is -2.15. The van der Waals surface area contributed by atoms with Crippen LogP contribution in [-0.2, 0) is 0 Å². The zero-order valence-corrected chi connectivity index (χ0v) is 13.5. The van der Waals surface area contributed by atoms with Gasteiger partial charge in [-0.05, 0) is 24.0 Å². The van der Waals surface area contributed by atoms with E-state index in [4.69, 9.17) is 0 Å². The summed E-state index contributed by atoms with van der Waals surface area (Å²) in [6.45, 7) is 0. The molecule has 24 heavy (non-hydrogen) atoms. The van der Waals surface area contributed by atoms with Crippen LogP contribution in [0, 0.1) is 10.1 Å². The van der Waals surface area contributed by atoms with Gasteiger partial charge >= 0.3 is 0 Å². The maximum Gasteiger partial charge on any atom is 0.213 e.